The van der Waals surface area contributed by atoms with Crippen LogP contribution in [0.4, 0.5) is 8.78 Å². The molecule has 0 spiro atoms. The molecule has 1 unspecified atom stereocenters. The zero-order valence-electron chi connectivity index (χ0n) is 11.6. The van der Waals surface area contributed by atoms with Crippen molar-refractivity contribution >= 4 is 0 Å². The number of hydrogen-bond acceptors (Lipinski definition) is 4. The highest BCUT2D eigenvalue weighted by Gasteiger charge is 2.05. The molecule has 0 aliphatic rings. The van der Waals surface area contributed by atoms with Crippen molar-refractivity contribution in [3.8, 4) is 0 Å². The minimum Gasteiger partial charge on any atom is -0.389 e. The van der Waals surface area contributed by atoms with Crippen LogP contribution in [0.15, 0.2) is 18.2 Å². The summed E-state index contributed by atoms with van der Waals surface area (Å²) in [6.45, 7) is 4.36. The lowest BCUT2D eigenvalue weighted by atomic mass is 10.2. The molecule has 0 saturated carbocycles. The Balaban J connectivity index is 2.12. The first-order valence-electron chi connectivity index (χ1n) is 6.61. The number of aliphatic hydroxyl groups excluding tert-OH is 1. The summed E-state index contributed by atoms with van der Waals surface area (Å²) < 4.78 is 36.0. The van der Waals surface area contributed by atoms with E-state index >= 15 is 0 Å². The number of nitrogens with one attached hydrogen (secondary N) is 1. The second-order valence-electron chi connectivity index (χ2n) is 4.31. The molecule has 0 heterocycles. The van der Waals surface area contributed by atoms with Gasteiger partial charge >= 0.3 is 0 Å². The highest BCUT2D eigenvalue weighted by Crippen LogP contribution is 2.08. The lowest BCUT2D eigenvalue weighted by molar-refractivity contribution is 0.00642. The van der Waals surface area contributed by atoms with Gasteiger partial charge in [0.25, 0.3) is 0 Å². The SMILES string of the molecule is CCOCCOCC(O)CNCc1ccc(F)c(F)c1. The normalized spacial score (nSPS) is 12.6. The average molecular weight is 289 g/mol. The Labute approximate surface area is 117 Å². The molecule has 6 heteroatoms. The maximum absolute atomic E-state index is 12.9. The van der Waals surface area contributed by atoms with Gasteiger partial charge in [0.15, 0.2) is 11.6 Å². The topological polar surface area (TPSA) is 50.7 Å². The van der Waals surface area contributed by atoms with Gasteiger partial charge in [0.2, 0.25) is 0 Å². The highest BCUT2D eigenvalue weighted by atomic mass is 19.2. The molecule has 4 nitrogen and oxygen atoms in total. The fraction of sp³-hybridized carbons (Fsp3) is 0.571. The summed E-state index contributed by atoms with van der Waals surface area (Å²) >= 11 is 0. The van der Waals surface area contributed by atoms with Crippen molar-refractivity contribution in [3.63, 3.8) is 0 Å². The van der Waals surface area contributed by atoms with Gasteiger partial charge in [-0.1, -0.05) is 6.07 Å². The monoisotopic (exact) mass is 289 g/mol. The molecule has 20 heavy (non-hydrogen) atoms. The maximum Gasteiger partial charge on any atom is 0.159 e. The Bertz CT molecular complexity index is 391. The van der Waals surface area contributed by atoms with E-state index < -0.39 is 17.7 Å². The van der Waals surface area contributed by atoms with Gasteiger partial charge in [0.05, 0.1) is 25.9 Å². The summed E-state index contributed by atoms with van der Waals surface area (Å²) in [6.07, 6.45) is -0.651. The van der Waals surface area contributed by atoms with Crippen LogP contribution in [0.1, 0.15) is 12.5 Å². The van der Waals surface area contributed by atoms with Crippen molar-refractivity contribution in [3.05, 3.63) is 35.4 Å². The third kappa shape index (κ3) is 6.91. The van der Waals surface area contributed by atoms with E-state index in [1.54, 1.807) is 0 Å². The quantitative estimate of drug-likeness (QED) is 0.640. The van der Waals surface area contributed by atoms with Crippen molar-refractivity contribution in [2.75, 3.05) is 33.0 Å². The maximum atomic E-state index is 12.9. The van der Waals surface area contributed by atoms with E-state index in [0.29, 0.717) is 38.5 Å². The van der Waals surface area contributed by atoms with E-state index in [1.165, 1.54) is 6.07 Å². The van der Waals surface area contributed by atoms with E-state index in [4.69, 9.17) is 9.47 Å². The second-order valence-corrected chi connectivity index (χ2v) is 4.31. The first-order chi connectivity index (χ1) is 9.63. The van der Waals surface area contributed by atoms with Crippen LogP contribution in [0.3, 0.4) is 0 Å². The van der Waals surface area contributed by atoms with Crippen molar-refractivity contribution < 1.29 is 23.4 Å². The number of ether oxygens (including phenoxy) is 2. The van der Waals surface area contributed by atoms with Crippen LogP contribution in [0.25, 0.3) is 0 Å². The van der Waals surface area contributed by atoms with Gasteiger partial charge in [-0.25, -0.2) is 8.78 Å². The van der Waals surface area contributed by atoms with E-state index in [-0.39, 0.29) is 6.61 Å². The van der Waals surface area contributed by atoms with Crippen LogP contribution in [0, 0.1) is 11.6 Å². The van der Waals surface area contributed by atoms with Gasteiger partial charge in [-0.2, -0.15) is 0 Å². The average Bonchev–Trinajstić information content (AvgIpc) is 2.42. The first kappa shape index (κ1) is 17.0. The van der Waals surface area contributed by atoms with E-state index in [0.717, 1.165) is 12.1 Å². The molecule has 114 valence electrons. The molecule has 2 N–H and O–H groups in total. The Morgan fingerprint density at radius 3 is 2.65 bits per heavy atom. The van der Waals surface area contributed by atoms with Crippen LogP contribution in [0.5, 0.6) is 0 Å². The molecule has 1 aromatic rings. The van der Waals surface area contributed by atoms with Crippen LogP contribution >= 0.6 is 0 Å². The molecule has 1 rings (SSSR count). The van der Waals surface area contributed by atoms with Crippen molar-refractivity contribution in [1.29, 1.82) is 0 Å². The fourth-order valence-corrected chi connectivity index (χ4v) is 1.57. The minimum absolute atomic E-state index is 0.206. The van der Waals surface area contributed by atoms with Crippen molar-refractivity contribution in [2.45, 2.75) is 19.6 Å². The smallest absolute Gasteiger partial charge is 0.159 e. The van der Waals surface area contributed by atoms with E-state index in [1.807, 2.05) is 6.92 Å². The summed E-state index contributed by atoms with van der Waals surface area (Å²) in [7, 11) is 0. The molecule has 0 amide bonds. The zero-order chi connectivity index (χ0) is 14.8. The third-order valence-corrected chi connectivity index (χ3v) is 2.58. The van der Waals surface area contributed by atoms with Gasteiger partial charge < -0.3 is 19.9 Å². The second kappa shape index (κ2) is 9.77. The third-order valence-electron chi connectivity index (χ3n) is 2.58. The van der Waals surface area contributed by atoms with Gasteiger partial charge in [0, 0.05) is 19.7 Å². The fourth-order valence-electron chi connectivity index (χ4n) is 1.57. The summed E-state index contributed by atoms with van der Waals surface area (Å²) in [4.78, 5) is 0. The number of rotatable bonds is 10. The summed E-state index contributed by atoms with van der Waals surface area (Å²) in [5.74, 6) is -1.74. The number of hydrogen-bond donors (Lipinski definition) is 2. The van der Waals surface area contributed by atoms with Crippen molar-refractivity contribution in [2.24, 2.45) is 0 Å². The van der Waals surface area contributed by atoms with Gasteiger partial charge in [-0.3, -0.25) is 0 Å². The number of benzene rings is 1. The molecule has 1 atom stereocenters. The zero-order valence-corrected chi connectivity index (χ0v) is 11.6. The summed E-state index contributed by atoms with van der Waals surface area (Å²) in [6, 6.07) is 3.71. The molecular formula is C14H21F2NO3. The molecule has 0 aromatic heterocycles. The molecule has 0 aliphatic heterocycles. The lowest BCUT2D eigenvalue weighted by Crippen LogP contribution is -2.30. The standard InChI is InChI=1S/C14H21F2NO3/c1-2-19-5-6-20-10-12(18)9-17-8-11-3-4-13(15)14(16)7-11/h3-4,7,12,17-18H,2,5-6,8-10H2,1H3. The Morgan fingerprint density at radius 2 is 1.95 bits per heavy atom. The lowest BCUT2D eigenvalue weighted by Gasteiger charge is -2.12. The number of aliphatic hydroxyl groups is 1. The van der Waals surface area contributed by atoms with Gasteiger partial charge in [0.1, 0.15) is 0 Å². The Kier molecular flexibility index (Phi) is 8.29. The van der Waals surface area contributed by atoms with Crippen LogP contribution in [-0.4, -0.2) is 44.2 Å². The van der Waals surface area contributed by atoms with Crippen molar-refractivity contribution in [1.82, 2.24) is 5.32 Å². The Morgan fingerprint density at radius 1 is 1.20 bits per heavy atom. The molecule has 0 aliphatic carbocycles. The Hall–Kier alpha value is -1.08. The van der Waals surface area contributed by atoms with Gasteiger partial charge in [-0.15, -0.1) is 0 Å². The molecule has 0 saturated heterocycles. The van der Waals surface area contributed by atoms with Crippen LogP contribution in [-0.2, 0) is 16.0 Å². The number of halogens is 2. The molecule has 0 radical (unpaired) electrons. The molecular weight excluding hydrogens is 268 g/mol. The van der Waals surface area contributed by atoms with E-state index in [9.17, 15) is 13.9 Å². The highest BCUT2D eigenvalue weighted by molar-refractivity contribution is 5.17. The predicted octanol–water partition coefficient (Wildman–Crippen LogP) is 1.47. The minimum atomic E-state index is -0.871. The predicted molar refractivity (Wildman–Crippen MR) is 71.4 cm³/mol. The first-order valence-corrected chi connectivity index (χ1v) is 6.61. The molecule has 0 bridgehead atoms. The van der Waals surface area contributed by atoms with Gasteiger partial charge in [-0.05, 0) is 24.6 Å². The summed E-state index contributed by atoms with van der Waals surface area (Å²) in [5.41, 5.74) is 0.619. The molecule has 0 fully saturated rings. The van der Waals surface area contributed by atoms with E-state index in [2.05, 4.69) is 5.32 Å². The van der Waals surface area contributed by atoms with Crippen LogP contribution < -0.4 is 5.32 Å². The van der Waals surface area contributed by atoms with Crippen LogP contribution in [0.2, 0.25) is 0 Å². The molecule has 1 aromatic carbocycles. The largest absolute Gasteiger partial charge is 0.389 e. The summed E-state index contributed by atoms with van der Waals surface area (Å²) in [5, 5.41) is 12.6.